The normalized spacial score (nSPS) is 21.6. The number of carbonyl (C=O) groups is 1. The van der Waals surface area contributed by atoms with Gasteiger partial charge in [-0.2, -0.15) is 0 Å². The van der Waals surface area contributed by atoms with Crippen LogP contribution in [-0.2, 0) is 17.8 Å². The van der Waals surface area contributed by atoms with Crippen LogP contribution >= 0.6 is 0 Å². The van der Waals surface area contributed by atoms with Crippen molar-refractivity contribution in [2.45, 2.75) is 32.2 Å². The Morgan fingerprint density at radius 3 is 2.41 bits per heavy atom. The van der Waals surface area contributed by atoms with Crippen molar-refractivity contribution in [1.82, 2.24) is 15.1 Å². The monoisotopic (exact) mass is 455 g/mol. The molecule has 0 radical (unpaired) electrons. The molecule has 2 aliphatic rings. The topological polar surface area (TPSA) is 35.6 Å². The van der Waals surface area contributed by atoms with Gasteiger partial charge in [-0.15, -0.1) is 0 Å². The van der Waals surface area contributed by atoms with Crippen LogP contribution in [0.5, 0.6) is 0 Å². The third-order valence-corrected chi connectivity index (χ3v) is 7.47. The Morgan fingerprint density at radius 1 is 0.824 bits per heavy atom. The molecule has 0 unspecified atom stereocenters. The van der Waals surface area contributed by atoms with Gasteiger partial charge in [0, 0.05) is 32.7 Å². The molecule has 2 aliphatic heterocycles. The maximum absolute atomic E-state index is 13.2. The van der Waals surface area contributed by atoms with Crippen molar-refractivity contribution in [2.75, 3.05) is 39.3 Å². The largest absolute Gasteiger partial charge is 0.355 e. The van der Waals surface area contributed by atoms with Gasteiger partial charge in [0.2, 0.25) is 5.91 Å². The van der Waals surface area contributed by atoms with Crippen molar-refractivity contribution < 1.29 is 4.79 Å². The fourth-order valence-corrected chi connectivity index (χ4v) is 5.80. The summed E-state index contributed by atoms with van der Waals surface area (Å²) in [4.78, 5) is 18.3. The maximum Gasteiger partial charge on any atom is 0.224 e. The van der Waals surface area contributed by atoms with E-state index in [1.807, 2.05) is 6.07 Å². The Bertz CT molecular complexity index is 1080. The molecular weight excluding hydrogens is 418 g/mol. The van der Waals surface area contributed by atoms with Gasteiger partial charge in [-0.1, -0.05) is 66.7 Å². The van der Waals surface area contributed by atoms with Crippen LogP contribution in [0.2, 0.25) is 0 Å². The van der Waals surface area contributed by atoms with Gasteiger partial charge in [0.1, 0.15) is 0 Å². The minimum Gasteiger partial charge on any atom is -0.355 e. The highest BCUT2D eigenvalue weighted by Crippen LogP contribution is 2.26. The van der Waals surface area contributed by atoms with Gasteiger partial charge >= 0.3 is 0 Å². The second-order valence-electron chi connectivity index (χ2n) is 10.2. The Kier molecular flexibility index (Phi) is 7.57. The van der Waals surface area contributed by atoms with E-state index in [0.29, 0.717) is 12.5 Å². The van der Waals surface area contributed by atoms with E-state index in [1.54, 1.807) is 0 Å². The molecule has 34 heavy (non-hydrogen) atoms. The second-order valence-corrected chi connectivity index (χ2v) is 10.2. The summed E-state index contributed by atoms with van der Waals surface area (Å²) in [6, 6.07) is 25.8. The van der Waals surface area contributed by atoms with E-state index >= 15 is 0 Å². The summed E-state index contributed by atoms with van der Waals surface area (Å²) < 4.78 is 0. The van der Waals surface area contributed by atoms with E-state index in [4.69, 9.17) is 0 Å². The van der Waals surface area contributed by atoms with Crippen LogP contribution in [-0.4, -0.2) is 55.0 Å². The summed E-state index contributed by atoms with van der Waals surface area (Å²) in [5.74, 6) is 0.848. The number of nitrogens with one attached hydrogen (secondary N) is 1. The molecule has 0 aromatic heterocycles. The van der Waals surface area contributed by atoms with Crippen LogP contribution in [0.15, 0.2) is 72.8 Å². The molecule has 0 aliphatic carbocycles. The molecule has 5 rings (SSSR count). The van der Waals surface area contributed by atoms with Gasteiger partial charge in [0.15, 0.2) is 0 Å². The molecule has 1 amide bonds. The lowest BCUT2D eigenvalue weighted by Gasteiger charge is -2.38. The van der Waals surface area contributed by atoms with Crippen molar-refractivity contribution >= 4 is 16.7 Å². The Hall–Kier alpha value is -2.69. The summed E-state index contributed by atoms with van der Waals surface area (Å²) in [5.41, 5.74) is 2.61. The van der Waals surface area contributed by atoms with Crippen molar-refractivity contribution in [1.29, 1.82) is 0 Å². The fourth-order valence-electron chi connectivity index (χ4n) is 5.80. The molecule has 0 bridgehead atoms. The first-order chi connectivity index (χ1) is 16.7. The number of hydrogen-bond acceptors (Lipinski definition) is 3. The van der Waals surface area contributed by atoms with Crippen molar-refractivity contribution in [3.05, 3.63) is 83.9 Å². The molecular formula is C30H37N3O. The van der Waals surface area contributed by atoms with Crippen LogP contribution in [0.4, 0.5) is 0 Å². The molecule has 0 spiro atoms. The standard InChI is InChI=1S/C30H37N3O/c34-30(31-15-14-24-8-2-1-3-9-24)29-19-26(21-32-16-6-7-17-32)22-33(23-29)20-25-12-13-27-10-4-5-11-28(27)18-25/h1-5,8-13,18,26,29H,6-7,14-17,19-23H2,(H,31,34)/t26-,29-/m1/s1. The third kappa shape index (κ3) is 6.05. The second kappa shape index (κ2) is 11.2. The lowest BCUT2D eigenvalue weighted by atomic mass is 9.87. The first kappa shape index (κ1) is 23.1. The lowest BCUT2D eigenvalue weighted by molar-refractivity contribution is -0.127. The molecule has 3 aromatic rings. The molecule has 4 heteroatoms. The Balaban J connectivity index is 1.23. The molecule has 178 valence electrons. The van der Waals surface area contributed by atoms with Gasteiger partial charge < -0.3 is 10.2 Å². The minimum atomic E-state index is 0.0672. The molecule has 4 nitrogen and oxygen atoms in total. The number of benzene rings is 3. The summed E-state index contributed by atoms with van der Waals surface area (Å²) in [6.07, 6.45) is 4.52. The number of amides is 1. The quantitative estimate of drug-likeness (QED) is 0.533. The van der Waals surface area contributed by atoms with Crippen molar-refractivity contribution in [3.63, 3.8) is 0 Å². The van der Waals surface area contributed by atoms with Crippen LogP contribution in [0.3, 0.4) is 0 Å². The van der Waals surface area contributed by atoms with E-state index in [-0.39, 0.29) is 11.8 Å². The maximum atomic E-state index is 13.2. The predicted molar refractivity (Wildman–Crippen MR) is 140 cm³/mol. The van der Waals surface area contributed by atoms with Gasteiger partial charge in [-0.25, -0.2) is 0 Å². The van der Waals surface area contributed by atoms with E-state index in [2.05, 4.69) is 81.8 Å². The first-order valence-corrected chi connectivity index (χ1v) is 13.0. The highest BCUT2D eigenvalue weighted by atomic mass is 16.1. The zero-order chi connectivity index (χ0) is 23.2. The van der Waals surface area contributed by atoms with Gasteiger partial charge in [-0.05, 0) is 72.7 Å². The number of nitrogens with zero attached hydrogens (tertiary/aromatic N) is 2. The molecule has 0 saturated carbocycles. The average molecular weight is 456 g/mol. The highest BCUT2D eigenvalue weighted by molar-refractivity contribution is 5.83. The summed E-state index contributed by atoms with van der Waals surface area (Å²) in [5, 5.41) is 5.82. The van der Waals surface area contributed by atoms with Crippen LogP contribution < -0.4 is 5.32 Å². The van der Waals surface area contributed by atoms with Crippen LogP contribution in [0.1, 0.15) is 30.4 Å². The van der Waals surface area contributed by atoms with E-state index in [9.17, 15) is 4.79 Å². The highest BCUT2D eigenvalue weighted by Gasteiger charge is 2.32. The lowest BCUT2D eigenvalue weighted by Crippen LogP contribution is -2.48. The minimum absolute atomic E-state index is 0.0672. The number of fused-ring (bicyclic) bond motifs is 1. The molecule has 2 fully saturated rings. The first-order valence-electron chi connectivity index (χ1n) is 13.0. The smallest absolute Gasteiger partial charge is 0.224 e. The number of piperidine rings is 1. The molecule has 1 N–H and O–H groups in total. The number of likely N-dealkylation sites (tertiary alicyclic amines) is 2. The molecule has 2 atom stereocenters. The van der Waals surface area contributed by atoms with Crippen molar-refractivity contribution in [2.24, 2.45) is 11.8 Å². The Labute approximate surface area is 203 Å². The summed E-state index contributed by atoms with van der Waals surface area (Å²) >= 11 is 0. The summed E-state index contributed by atoms with van der Waals surface area (Å²) in [7, 11) is 0. The van der Waals surface area contributed by atoms with E-state index in [1.165, 1.54) is 47.8 Å². The number of carbonyl (C=O) groups excluding carboxylic acids is 1. The van der Waals surface area contributed by atoms with Crippen LogP contribution in [0.25, 0.3) is 10.8 Å². The molecule has 2 saturated heterocycles. The van der Waals surface area contributed by atoms with Crippen LogP contribution in [0, 0.1) is 11.8 Å². The van der Waals surface area contributed by atoms with Gasteiger partial charge in [0.05, 0.1) is 5.92 Å². The Morgan fingerprint density at radius 2 is 1.59 bits per heavy atom. The molecule has 2 heterocycles. The molecule has 3 aromatic carbocycles. The van der Waals surface area contributed by atoms with Crippen molar-refractivity contribution in [3.8, 4) is 0 Å². The zero-order valence-corrected chi connectivity index (χ0v) is 20.2. The number of rotatable bonds is 8. The summed E-state index contributed by atoms with van der Waals surface area (Å²) in [6.45, 7) is 7.11. The SMILES string of the molecule is O=C(NCCc1ccccc1)[C@@H]1C[C@H](CN2CCCC2)CN(Cc2ccc3ccccc3c2)C1. The zero-order valence-electron chi connectivity index (χ0n) is 20.2. The van der Waals surface area contributed by atoms with Gasteiger partial charge in [0.25, 0.3) is 0 Å². The fraction of sp³-hybridized carbons (Fsp3) is 0.433. The average Bonchev–Trinajstić information content (AvgIpc) is 3.37. The van der Waals surface area contributed by atoms with E-state index < -0.39 is 0 Å². The third-order valence-electron chi connectivity index (χ3n) is 7.47. The van der Waals surface area contributed by atoms with E-state index in [0.717, 1.165) is 39.0 Å². The predicted octanol–water partition coefficient (Wildman–Crippen LogP) is 4.73. The number of hydrogen-bond donors (Lipinski definition) is 1. The van der Waals surface area contributed by atoms with Gasteiger partial charge in [-0.3, -0.25) is 9.69 Å².